The average molecular weight is 732 g/mol. The number of benzene rings is 2. The number of esters is 1. The predicted octanol–water partition coefficient (Wildman–Crippen LogP) is 11.4. The van der Waals surface area contributed by atoms with Gasteiger partial charge in [0, 0.05) is 15.1 Å². The molecule has 2 aromatic rings. The molecule has 2 rings (SSSR count). The molecule has 0 spiro atoms. The highest BCUT2D eigenvalue weighted by Gasteiger charge is 2.17. The molecule has 0 radical (unpaired) electrons. The van der Waals surface area contributed by atoms with E-state index in [1.807, 2.05) is 49.4 Å². The van der Waals surface area contributed by atoms with E-state index in [0.29, 0.717) is 17.7 Å². The lowest BCUT2D eigenvalue weighted by Crippen LogP contribution is -2.16. The van der Waals surface area contributed by atoms with Crippen LogP contribution in [0.5, 0.6) is 0 Å². The lowest BCUT2D eigenvalue weighted by molar-refractivity contribution is -0.145. The van der Waals surface area contributed by atoms with Gasteiger partial charge < -0.3 is 10.1 Å². The van der Waals surface area contributed by atoms with Crippen molar-refractivity contribution in [1.29, 1.82) is 0 Å². The Bertz CT molecular complexity index is 1010. The van der Waals surface area contributed by atoms with Crippen molar-refractivity contribution in [1.82, 2.24) is 5.32 Å². The van der Waals surface area contributed by atoms with Gasteiger partial charge in [0.05, 0.1) is 12.5 Å². The van der Waals surface area contributed by atoms with Crippen LogP contribution in [0.4, 0.5) is 0 Å². The second kappa shape index (κ2) is 26.4. The predicted molar refractivity (Wildman–Crippen MR) is 200 cm³/mol. The molecule has 2 unspecified atom stereocenters. The van der Waals surface area contributed by atoms with Gasteiger partial charge >= 0.3 is 5.97 Å². The van der Waals surface area contributed by atoms with E-state index in [4.69, 9.17) is 4.74 Å². The number of carbonyl (C=O) groups is 2. The monoisotopic (exact) mass is 731 g/mol. The molecule has 0 aliphatic heterocycles. The van der Waals surface area contributed by atoms with Gasteiger partial charge in [-0.1, -0.05) is 180 Å². The van der Waals surface area contributed by atoms with Crippen molar-refractivity contribution in [2.24, 2.45) is 0 Å². The van der Waals surface area contributed by atoms with E-state index < -0.39 is 0 Å². The topological polar surface area (TPSA) is 55.4 Å². The second-order valence-electron chi connectivity index (χ2n) is 12.9. The first kappa shape index (κ1) is 39.4. The summed E-state index contributed by atoms with van der Waals surface area (Å²) in [6.45, 7) is 6.87. The Hall–Kier alpha value is -1.73. The molecule has 5 heteroatoms. The molecular weight excluding hydrogens is 669 g/mol. The van der Waals surface area contributed by atoms with E-state index in [-0.39, 0.29) is 17.7 Å². The van der Waals surface area contributed by atoms with Crippen molar-refractivity contribution >= 4 is 34.3 Å². The summed E-state index contributed by atoms with van der Waals surface area (Å²) in [6.07, 6.45) is 25.5. The number of alkyl halides is 1. The third kappa shape index (κ3) is 19.5. The summed E-state index contributed by atoms with van der Waals surface area (Å²) in [5.41, 5.74) is 2.16. The van der Waals surface area contributed by atoms with E-state index in [0.717, 1.165) is 41.8 Å². The first-order chi connectivity index (χ1) is 22.0. The van der Waals surface area contributed by atoms with Crippen LogP contribution in [0.15, 0.2) is 54.6 Å². The van der Waals surface area contributed by atoms with Crippen LogP contribution >= 0.6 is 22.6 Å². The van der Waals surface area contributed by atoms with Gasteiger partial charge in [0.2, 0.25) is 0 Å². The van der Waals surface area contributed by atoms with Crippen LogP contribution in [0.25, 0.3) is 0 Å². The number of hydrogen-bond acceptors (Lipinski definition) is 4. The van der Waals surface area contributed by atoms with Crippen molar-refractivity contribution in [2.45, 2.75) is 146 Å². The number of hydrogen-bond donors (Lipinski definition) is 1. The van der Waals surface area contributed by atoms with Gasteiger partial charge in [0.15, 0.2) is 5.78 Å². The third-order valence-electron chi connectivity index (χ3n) is 8.76. The molecule has 2 aromatic carbocycles. The number of halogens is 1. The second-order valence-corrected chi connectivity index (χ2v) is 15.0. The molecular formula is C40H62INO3. The summed E-state index contributed by atoms with van der Waals surface area (Å²) in [4.78, 5) is 25.1. The minimum Gasteiger partial charge on any atom is -0.465 e. The maximum absolute atomic E-state index is 12.6. The van der Waals surface area contributed by atoms with Gasteiger partial charge in [-0.15, -0.1) is 0 Å². The minimum atomic E-state index is -0.344. The Morgan fingerprint density at radius 3 is 1.56 bits per heavy atom. The normalized spacial score (nSPS) is 12.6. The molecule has 0 amide bonds. The number of nitrogens with one attached hydrogen (secondary N) is 1. The molecule has 2 atom stereocenters. The van der Waals surface area contributed by atoms with E-state index >= 15 is 0 Å². The van der Waals surface area contributed by atoms with Crippen LogP contribution in [0, 0.1) is 0 Å². The zero-order valence-corrected chi connectivity index (χ0v) is 30.7. The number of unbranched alkanes of at least 4 members (excludes halogenated alkanes) is 16. The molecule has 45 heavy (non-hydrogen) atoms. The van der Waals surface area contributed by atoms with Gasteiger partial charge in [-0.05, 0) is 51.3 Å². The molecule has 0 aromatic heterocycles. The van der Waals surface area contributed by atoms with Crippen molar-refractivity contribution < 1.29 is 14.3 Å². The first-order valence-corrected chi connectivity index (χ1v) is 19.4. The van der Waals surface area contributed by atoms with Gasteiger partial charge in [-0.2, -0.15) is 0 Å². The first-order valence-electron chi connectivity index (χ1n) is 18.2. The highest BCUT2D eigenvalue weighted by atomic mass is 127. The number of rotatable bonds is 28. The standard InChI is InChI=1S/C40H62INO3/c1-34(41)24-18-13-11-9-7-5-3-4-6-8-10-12-14-21-31-42-32-22-15-16-23-33-45-40(44)35(2)36-27-29-38(30-28-36)39(43)37-25-19-17-20-26-37/h17,19-20,25-30,34-35,42H,3-16,18,21-24,31-33H2,1-2H3. The van der Waals surface area contributed by atoms with E-state index in [1.54, 1.807) is 12.1 Å². The quantitative estimate of drug-likeness (QED) is 0.0311. The van der Waals surface area contributed by atoms with Gasteiger partial charge in [0.25, 0.3) is 0 Å². The van der Waals surface area contributed by atoms with E-state index in [1.165, 1.54) is 103 Å². The maximum Gasteiger partial charge on any atom is 0.313 e. The highest BCUT2D eigenvalue weighted by Crippen LogP contribution is 2.20. The largest absolute Gasteiger partial charge is 0.465 e. The molecule has 0 aliphatic rings. The van der Waals surface area contributed by atoms with Crippen molar-refractivity contribution in [3.63, 3.8) is 0 Å². The molecule has 0 heterocycles. The summed E-state index contributed by atoms with van der Waals surface area (Å²) >= 11 is 2.54. The Morgan fingerprint density at radius 1 is 0.600 bits per heavy atom. The maximum atomic E-state index is 12.6. The summed E-state index contributed by atoms with van der Waals surface area (Å²) in [7, 11) is 0. The highest BCUT2D eigenvalue weighted by molar-refractivity contribution is 14.1. The molecule has 0 saturated heterocycles. The fraction of sp³-hybridized carbons (Fsp3) is 0.650. The van der Waals surface area contributed by atoms with Crippen LogP contribution in [-0.2, 0) is 9.53 Å². The number of ether oxygens (including phenoxy) is 1. The molecule has 252 valence electrons. The van der Waals surface area contributed by atoms with Crippen molar-refractivity contribution in [3.05, 3.63) is 71.3 Å². The SMILES string of the molecule is CC(I)CCCCCCCCCCCCCCCCNCCCCCCOC(=O)C(C)c1ccc(C(=O)c2ccccc2)cc1. The minimum absolute atomic E-state index is 0.0116. The van der Waals surface area contributed by atoms with Crippen LogP contribution in [0.1, 0.15) is 163 Å². The van der Waals surface area contributed by atoms with Gasteiger partial charge in [-0.25, -0.2) is 0 Å². The fourth-order valence-corrected chi connectivity index (χ4v) is 6.18. The lowest BCUT2D eigenvalue weighted by atomic mass is 9.97. The summed E-state index contributed by atoms with van der Waals surface area (Å²) in [5.74, 6) is -0.557. The third-order valence-corrected chi connectivity index (χ3v) is 9.38. The summed E-state index contributed by atoms with van der Waals surface area (Å²) in [6, 6.07) is 16.5. The average Bonchev–Trinajstić information content (AvgIpc) is 3.06. The van der Waals surface area contributed by atoms with Crippen LogP contribution in [0.2, 0.25) is 0 Å². The van der Waals surface area contributed by atoms with Gasteiger partial charge in [-0.3, -0.25) is 9.59 Å². The summed E-state index contributed by atoms with van der Waals surface area (Å²) in [5, 5.41) is 3.59. The zero-order valence-electron chi connectivity index (χ0n) is 28.5. The Labute approximate surface area is 289 Å². The number of carbonyl (C=O) groups excluding carboxylic acids is 2. The fourth-order valence-electron chi connectivity index (χ4n) is 5.74. The zero-order chi connectivity index (χ0) is 32.4. The van der Waals surface area contributed by atoms with Crippen LogP contribution < -0.4 is 5.32 Å². The number of ketones is 1. The van der Waals surface area contributed by atoms with Crippen LogP contribution in [0.3, 0.4) is 0 Å². The van der Waals surface area contributed by atoms with Crippen molar-refractivity contribution in [2.75, 3.05) is 19.7 Å². The molecule has 0 saturated carbocycles. The Morgan fingerprint density at radius 2 is 1.04 bits per heavy atom. The smallest absolute Gasteiger partial charge is 0.313 e. The van der Waals surface area contributed by atoms with Crippen LogP contribution in [-0.4, -0.2) is 35.4 Å². The van der Waals surface area contributed by atoms with Gasteiger partial charge in [0.1, 0.15) is 0 Å². The molecule has 0 bridgehead atoms. The molecule has 4 nitrogen and oxygen atoms in total. The lowest BCUT2D eigenvalue weighted by Gasteiger charge is -2.12. The molecule has 0 fully saturated rings. The Kier molecular flexibility index (Phi) is 23.1. The summed E-state index contributed by atoms with van der Waals surface area (Å²) < 4.78 is 6.37. The Balaban J connectivity index is 1.33. The molecule has 0 aliphatic carbocycles. The van der Waals surface area contributed by atoms with Crippen molar-refractivity contribution in [3.8, 4) is 0 Å². The molecule has 1 N–H and O–H groups in total. The van der Waals surface area contributed by atoms with E-state index in [2.05, 4.69) is 34.8 Å². The van der Waals surface area contributed by atoms with E-state index in [9.17, 15) is 9.59 Å².